The van der Waals surface area contributed by atoms with E-state index in [2.05, 4.69) is 18.7 Å². The van der Waals surface area contributed by atoms with Crippen molar-refractivity contribution in [3.63, 3.8) is 0 Å². The molecule has 1 atom stereocenters. The van der Waals surface area contributed by atoms with Gasteiger partial charge >= 0.3 is 5.97 Å². The lowest BCUT2D eigenvalue weighted by molar-refractivity contribution is -0.145. The number of carbonyl (C=O) groups is 1. The molecule has 1 unspecified atom stereocenters. The maximum atomic E-state index is 11.4. The number of likely N-dealkylation sites (N-methyl/N-ethyl adjacent to an activating group) is 1. The van der Waals surface area contributed by atoms with Crippen LogP contribution >= 0.6 is 0 Å². The average Bonchev–Trinajstić information content (AvgIpc) is 2.46. The second-order valence-electron chi connectivity index (χ2n) is 6.84. The Bertz CT molecular complexity index is 266. The van der Waals surface area contributed by atoms with Gasteiger partial charge in [-0.05, 0) is 25.4 Å². The molecule has 0 aliphatic rings. The molecule has 3 heteroatoms. The third-order valence-electron chi connectivity index (χ3n) is 4.48. The van der Waals surface area contributed by atoms with Crippen LogP contribution in [0.5, 0.6) is 0 Å². The minimum atomic E-state index is -0.677. The van der Waals surface area contributed by atoms with Crippen molar-refractivity contribution in [2.75, 3.05) is 13.1 Å². The zero-order valence-corrected chi connectivity index (χ0v) is 15.4. The summed E-state index contributed by atoms with van der Waals surface area (Å²) in [6.45, 7) is 10.1. The summed E-state index contributed by atoms with van der Waals surface area (Å²) in [4.78, 5) is 13.5. The van der Waals surface area contributed by atoms with Crippen molar-refractivity contribution >= 4 is 5.97 Å². The van der Waals surface area contributed by atoms with E-state index in [0.29, 0.717) is 0 Å². The number of rotatable bonds is 15. The maximum Gasteiger partial charge on any atom is 0.321 e. The zero-order valence-electron chi connectivity index (χ0n) is 15.4. The summed E-state index contributed by atoms with van der Waals surface area (Å²) in [6.07, 6.45) is 13.2. The number of hydrogen-bond donors (Lipinski definition) is 1. The first kappa shape index (κ1) is 21.4. The first-order valence-corrected chi connectivity index (χ1v) is 9.51. The van der Waals surface area contributed by atoms with Crippen LogP contribution in [0, 0.1) is 5.92 Å². The third-order valence-corrected chi connectivity index (χ3v) is 4.48. The molecule has 0 spiro atoms. The van der Waals surface area contributed by atoms with Crippen LogP contribution in [0.2, 0.25) is 0 Å². The van der Waals surface area contributed by atoms with Gasteiger partial charge in [0, 0.05) is 0 Å². The minimum absolute atomic E-state index is 0.167. The van der Waals surface area contributed by atoms with Crippen LogP contribution in [-0.4, -0.2) is 35.1 Å². The highest BCUT2D eigenvalue weighted by Crippen LogP contribution is 2.14. The standard InChI is InChI=1S/C19H39NO2/c1-5-7-8-9-10-11-12-13-14-15-16-20(6-2)18(17(3)4)19(21)22/h17-18H,5-16H2,1-4H3,(H,21,22). The Morgan fingerprint density at radius 1 is 0.864 bits per heavy atom. The van der Waals surface area contributed by atoms with Crippen molar-refractivity contribution in [2.45, 2.75) is 97.9 Å². The fourth-order valence-corrected chi connectivity index (χ4v) is 3.16. The first-order valence-electron chi connectivity index (χ1n) is 9.51. The predicted molar refractivity (Wildman–Crippen MR) is 95.4 cm³/mol. The van der Waals surface area contributed by atoms with Gasteiger partial charge in [0.05, 0.1) is 0 Å². The van der Waals surface area contributed by atoms with E-state index >= 15 is 0 Å². The molecular weight excluding hydrogens is 274 g/mol. The molecule has 0 saturated carbocycles. The van der Waals surface area contributed by atoms with Gasteiger partial charge in [0.25, 0.3) is 0 Å². The summed E-state index contributed by atoms with van der Waals surface area (Å²) in [5.74, 6) is -0.510. The summed E-state index contributed by atoms with van der Waals surface area (Å²) >= 11 is 0. The molecule has 0 heterocycles. The van der Waals surface area contributed by atoms with Gasteiger partial charge in [-0.15, -0.1) is 0 Å². The number of carboxylic acids is 1. The molecule has 0 fully saturated rings. The van der Waals surface area contributed by atoms with Gasteiger partial charge in [-0.3, -0.25) is 9.69 Å². The van der Waals surface area contributed by atoms with Crippen LogP contribution in [0.4, 0.5) is 0 Å². The van der Waals surface area contributed by atoms with Crippen LogP contribution in [-0.2, 0) is 4.79 Å². The van der Waals surface area contributed by atoms with E-state index in [-0.39, 0.29) is 12.0 Å². The van der Waals surface area contributed by atoms with Gasteiger partial charge in [0.1, 0.15) is 6.04 Å². The fraction of sp³-hybridized carbons (Fsp3) is 0.947. The molecule has 0 amide bonds. The SMILES string of the molecule is CCCCCCCCCCCCN(CC)C(C(=O)O)C(C)C. The topological polar surface area (TPSA) is 40.5 Å². The average molecular weight is 314 g/mol. The van der Waals surface area contributed by atoms with Gasteiger partial charge < -0.3 is 5.11 Å². The zero-order chi connectivity index (χ0) is 16.8. The minimum Gasteiger partial charge on any atom is -0.480 e. The number of unbranched alkanes of at least 4 members (excludes halogenated alkanes) is 9. The summed E-state index contributed by atoms with van der Waals surface area (Å²) in [6, 6.07) is -0.330. The van der Waals surface area contributed by atoms with E-state index in [1.165, 1.54) is 57.8 Å². The smallest absolute Gasteiger partial charge is 0.321 e. The second kappa shape index (κ2) is 14.0. The lowest BCUT2D eigenvalue weighted by Crippen LogP contribution is -2.45. The first-order chi connectivity index (χ1) is 10.5. The Morgan fingerprint density at radius 2 is 1.32 bits per heavy atom. The van der Waals surface area contributed by atoms with Crippen molar-refractivity contribution in [2.24, 2.45) is 5.92 Å². The molecule has 0 bridgehead atoms. The number of aliphatic carboxylic acids is 1. The van der Waals surface area contributed by atoms with Gasteiger partial charge in [0.2, 0.25) is 0 Å². The normalized spacial score (nSPS) is 13.0. The van der Waals surface area contributed by atoms with E-state index < -0.39 is 5.97 Å². The highest BCUT2D eigenvalue weighted by atomic mass is 16.4. The maximum absolute atomic E-state index is 11.4. The van der Waals surface area contributed by atoms with E-state index in [4.69, 9.17) is 0 Å². The Balaban J connectivity index is 3.68. The van der Waals surface area contributed by atoms with Crippen molar-refractivity contribution < 1.29 is 9.90 Å². The Labute approximate surface area is 138 Å². The van der Waals surface area contributed by atoms with E-state index in [0.717, 1.165) is 19.5 Å². The molecule has 132 valence electrons. The fourth-order valence-electron chi connectivity index (χ4n) is 3.16. The molecular formula is C19H39NO2. The molecule has 0 radical (unpaired) electrons. The van der Waals surface area contributed by atoms with E-state index in [1.807, 2.05) is 13.8 Å². The van der Waals surface area contributed by atoms with Gasteiger partial charge in [-0.1, -0.05) is 85.5 Å². The molecule has 0 aromatic carbocycles. The van der Waals surface area contributed by atoms with Crippen molar-refractivity contribution in [1.29, 1.82) is 0 Å². The Morgan fingerprint density at radius 3 is 1.68 bits per heavy atom. The summed E-state index contributed by atoms with van der Waals surface area (Å²) in [5.41, 5.74) is 0. The molecule has 0 aliphatic heterocycles. The molecule has 22 heavy (non-hydrogen) atoms. The lowest BCUT2D eigenvalue weighted by Gasteiger charge is -2.30. The number of nitrogens with zero attached hydrogens (tertiary/aromatic N) is 1. The van der Waals surface area contributed by atoms with Crippen molar-refractivity contribution in [3.8, 4) is 0 Å². The van der Waals surface area contributed by atoms with Crippen LogP contribution in [0.25, 0.3) is 0 Å². The van der Waals surface area contributed by atoms with Crippen molar-refractivity contribution in [3.05, 3.63) is 0 Å². The molecule has 3 nitrogen and oxygen atoms in total. The van der Waals surface area contributed by atoms with E-state index in [1.54, 1.807) is 0 Å². The number of hydrogen-bond acceptors (Lipinski definition) is 2. The Kier molecular flexibility index (Phi) is 13.7. The Hall–Kier alpha value is -0.570. The highest BCUT2D eigenvalue weighted by molar-refractivity contribution is 5.73. The predicted octanol–water partition coefficient (Wildman–Crippen LogP) is 5.34. The molecule has 0 saturated heterocycles. The van der Waals surface area contributed by atoms with Gasteiger partial charge in [0.15, 0.2) is 0 Å². The lowest BCUT2D eigenvalue weighted by atomic mass is 10.0. The highest BCUT2D eigenvalue weighted by Gasteiger charge is 2.26. The number of carboxylic acid groups (broad SMARTS) is 1. The summed E-state index contributed by atoms with van der Waals surface area (Å²) in [5, 5.41) is 9.36. The summed E-state index contributed by atoms with van der Waals surface area (Å²) < 4.78 is 0. The van der Waals surface area contributed by atoms with Gasteiger partial charge in [-0.2, -0.15) is 0 Å². The van der Waals surface area contributed by atoms with Crippen LogP contribution < -0.4 is 0 Å². The quantitative estimate of drug-likeness (QED) is 0.415. The largest absolute Gasteiger partial charge is 0.480 e. The molecule has 0 rings (SSSR count). The molecule has 0 aliphatic carbocycles. The monoisotopic (exact) mass is 313 g/mol. The molecule has 0 aromatic rings. The van der Waals surface area contributed by atoms with Crippen LogP contribution in [0.15, 0.2) is 0 Å². The van der Waals surface area contributed by atoms with Crippen molar-refractivity contribution in [1.82, 2.24) is 4.90 Å². The van der Waals surface area contributed by atoms with Crippen LogP contribution in [0.1, 0.15) is 91.9 Å². The van der Waals surface area contributed by atoms with Gasteiger partial charge in [-0.25, -0.2) is 0 Å². The van der Waals surface area contributed by atoms with E-state index in [9.17, 15) is 9.90 Å². The molecule has 1 N–H and O–H groups in total. The third kappa shape index (κ3) is 10.2. The summed E-state index contributed by atoms with van der Waals surface area (Å²) in [7, 11) is 0. The van der Waals surface area contributed by atoms with Crippen LogP contribution in [0.3, 0.4) is 0 Å². The molecule has 0 aromatic heterocycles. The second-order valence-corrected chi connectivity index (χ2v) is 6.84.